The summed E-state index contributed by atoms with van der Waals surface area (Å²) in [5.74, 6) is 0.265. The monoisotopic (exact) mass is 291 g/mol. The number of amides is 1. The molecule has 110 valence electrons. The normalized spacial score (nSPS) is 11.9. The molecule has 0 aliphatic rings. The lowest BCUT2D eigenvalue weighted by Crippen LogP contribution is -2.28. The van der Waals surface area contributed by atoms with Crippen molar-refractivity contribution >= 4 is 17.4 Å². The second-order valence-electron chi connectivity index (χ2n) is 4.39. The molecule has 0 saturated heterocycles. The summed E-state index contributed by atoms with van der Waals surface area (Å²) in [7, 11) is 0. The Morgan fingerprint density at radius 1 is 1.48 bits per heavy atom. The van der Waals surface area contributed by atoms with Crippen molar-refractivity contribution in [2.75, 3.05) is 5.73 Å². The second-order valence-corrected chi connectivity index (χ2v) is 4.39. The molecular formula is C12H13N5O4. The van der Waals surface area contributed by atoms with Crippen LogP contribution in [0.1, 0.15) is 35.0 Å². The zero-order valence-electron chi connectivity index (χ0n) is 11.4. The molecule has 0 aromatic carbocycles. The number of anilines is 1. The van der Waals surface area contributed by atoms with Gasteiger partial charge >= 0.3 is 0 Å². The van der Waals surface area contributed by atoms with Crippen LogP contribution in [0.5, 0.6) is 0 Å². The zero-order chi connectivity index (χ0) is 15.6. The first-order valence-electron chi connectivity index (χ1n) is 6.01. The van der Waals surface area contributed by atoms with E-state index in [0.29, 0.717) is 11.7 Å². The summed E-state index contributed by atoms with van der Waals surface area (Å²) < 4.78 is 5.29. The Kier molecular flexibility index (Phi) is 3.83. The van der Waals surface area contributed by atoms with Gasteiger partial charge in [0.05, 0.1) is 16.7 Å². The Balaban J connectivity index is 2.20. The van der Waals surface area contributed by atoms with Gasteiger partial charge in [0.1, 0.15) is 23.8 Å². The number of nitrogens with one attached hydrogen (secondary N) is 1. The quantitative estimate of drug-likeness (QED) is 0.640. The van der Waals surface area contributed by atoms with Gasteiger partial charge in [0.25, 0.3) is 11.6 Å². The predicted molar refractivity (Wildman–Crippen MR) is 72.4 cm³/mol. The standard InChI is InChI=1S/C12H13N5O4/c1-6-4-15-12(21-6)7(2)16-11(18)9-3-8(17(19)20)5-14-10(9)13/h3-5,7H,1-2H3,(H2,13,14)(H,16,18). The third kappa shape index (κ3) is 3.14. The fourth-order valence-electron chi connectivity index (χ4n) is 1.65. The molecule has 9 nitrogen and oxygen atoms in total. The fourth-order valence-corrected chi connectivity index (χ4v) is 1.65. The van der Waals surface area contributed by atoms with E-state index in [9.17, 15) is 14.9 Å². The highest BCUT2D eigenvalue weighted by atomic mass is 16.6. The van der Waals surface area contributed by atoms with E-state index >= 15 is 0 Å². The minimum absolute atomic E-state index is 0.0701. The highest BCUT2D eigenvalue weighted by Gasteiger charge is 2.20. The van der Waals surface area contributed by atoms with E-state index in [4.69, 9.17) is 10.2 Å². The first kappa shape index (κ1) is 14.4. The van der Waals surface area contributed by atoms with Gasteiger partial charge in [0.15, 0.2) is 0 Å². The summed E-state index contributed by atoms with van der Waals surface area (Å²) >= 11 is 0. The van der Waals surface area contributed by atoms with E-state index in [0.717, 1.165) is 12.3 Å². The van der Waals surface area contributed by atoms with Gasteiger partial charge in [-0.25, -0.2) is 9.97 Å². The van der Waals surface area contributed by atoms with Crippen molar-refractivity contribution in [3.63, 3.8) is 0 Å². The molecule has 0 aliphatic heterocycles. The van der Waals surface area contributed by atoms with Gasteiger partial charge in [-0.15, -0.1) is 0 Å². The van der Waals surface area contributed by atoms with Crippen molar-refractivity contribution in [2.24, 2.45) is 0 Å². The largest absolute Gasteiger partial charge is 0.444 e. The molecule has 2 aromatic rings. The minimum atomic E-state index is -0.649. The molecule has 0 spiro atoms. The number of nitrogens with zero attached hydrogens (tertiary/aromatic N) is 3. The maximum atomic E-state index is 12.1. The lowest BCUT2D eigenvalue weighted by molar-refractivity contribution is -0.385. The number of nitrogen functional groups attached to an aromatic ring is 1. The lowest BCUT2D eigenvalue weighted by atomic mass is 10.2. The van der Waals surface area contributed by atoms with Crippen molar-refractivity contribution in [1.29, 1.82) is 0 Å². The van der Waals surface area contributed by atoms with Crippen LogP contribution in [-0.4, -0.2) is 20.8 Å². The van der Waals surface area contributed by atoms with Crippen LogP contribution in [0.25, 0.3) is 0 Å². The number of nitro groups is 1. The summed E-state index contributed by atoms with van der Waals surface area (Å²) in [6, 6.07) is 0.565. The van der Waals surface area contributed by atoms with Gasteiger partial charge in [0, 0.05) is 6.07 Å². The molecule has 21 heavy (non-hydrogen) atoms. The van der Waals surface area contributed by atoms with Crippen LogP contribution in [0.3, 0.4) is 0 Å². The average Bonchev–Trinajstić information content (AvgIpc) is 2.85. The maximum Gasteiger partial charge on any atom is 0.288 e. The number of carbonyl (C=O) groups excluding carboxylic acids is 1. The second kappa shape index (κ2) is 5.57. The van der Waals surface area contributed by atoms with Gasteiger partial charge in [0.2, 0.25) is 5.89 Å². The van der Waals surface area contributed by atoms with Crippen LogP contribution in [0.4, 0.5) is 11.5 Å². The molecule has 1 unspecified atom stereocenters. The lowest BCUT2D eigenvalue weighted by Gasteiger charge is -2.11. The molecule has 2 rings (SSSR count). The Labute approximate surface area is 119 Å². The van der Waals surface area contributed by atoms with Crippen LogP contribution >= 0.6 is 0 Å². The van der Waals surface area contributed by atoms with Crippen LogP contribution in [0.15, 0.2) is 22.9 Å². The molecule has 0 fully saturated rings. The third-order valence-corrected chi connectivity index (χ3v) is 2.72. The number of pyridine rings is 1. The van der Waals surface area contributed by atoms with E-state index in [2.05, 4.69) is 15.3 Å². The van der Waals surface area contributed by atoms with Gasteiger partial charge in [-0.3, -0.25) is 14.9 Å². The van der Waals surface area contributed by atoms with Gasteiger partial charge in [-0.1, -0.05) is 0 Å². The number of hydrogen-bond acceptors (Lipinski definition) is 7. The molecular weight excluding hydrogens is 278 g/mol. The summed E-state index contributed by atoms with van der Waals surface area (Å²) in [5, 5.41) is 13.3. The highest BCUT2D eigenvalue weighted by Crippen LogP contribution is 2.18. The molecule has 1 amide bonds. The van der Waals surface area contributed by atoms with Crippen molar-refractivity contribution in [1.82, 2.24) is 15.3 Å². The molecule has 0 bridgehead atoms. The number of hydrogen-bond donors (Lipinski definition) is 2. The summed E-state index contributed by atoms with van der Waals surface area (Å²) in [6.07, 6.45) is 2.52. The SMILES string of the molecule is Cc1cnc(C(C)NC(=O)c2cc([N+](=O)[O-])cnc2N)o1. The molecule has 0 radical (unpaired) electrons. The number of aromatic nitrogens is 2. The number of rotatable bonds is 4. The average molecular weight is 291 g/mol. The number of oxazole rings is 1. The zero-order valence-corrected chi connectivity index (χ0v) is 11.4. The topological polar surface area (TPSA) is 137 Å². The third-order valence-electron chi connectivity index (χ3n) is 2.72. The Bertz CT molecular complexity index is 697. The number of nitrogens with two attached hydrogens (primary N) is 1. The number of carbonyl (C=O) groups is 1. The van der Waals surface area contributed by atoms with E-state index in [1.807, 2.05) is 0 Å². The van der Waals surface area contributed by atoms with E-state index < -0.39 is 16.9 Å². The molecule has 9 heteroatoms. The highest BCUT2D eigenvalue weighted by molar-refractivity contribution is 5.99. The Morgan fingerprint density at radius 2 is 2.19 bits per heavy atom. The van der Waals surface area contributed by atoms with Gasteiger partial charge in [-0.2, -0.15) is 0 Å². The van der Waals surface area contributed by atoms with Crippen LogP contribution < -0.4 is 11.1 Å². The number of aryl methyl sites for hydroxylation is 1. The van der Waals surface area contributed by atoms with E-state index in [-0.39, 0.29) is 17.1 Å². The van der Waals surface area contributed by atoms with Crippen molar-refractivity contribution in [3.8, 4) is 0 Å². The molecule has 1 atom stereocenters. The van der Waals surface area contributed by atoms with Crippen molar-refractivity contribution in [3.05, 3.63) is 45.8 Å². The van der Waals surface area contributed by atoms with Crippen molar-refractivity contribution in [2.45, 2.75) is 19.9 Å². The summed E-state index contributed by atoms with van der Waals surface area (Å²) in [5.41, 5.74) is 5.19. The molecule has 0 saturated carbocycles. The Morgan fingerprint density at radius 3 is 2.76 bits per heavy atom. The van der Waals surface area contributed by atoms with E-state index in [1.54, 1.807) is 13.8 Å². The smallest absolute Gasteiger partial charge is 0.288 e. The predicted octanol–water partition coefficient (Wildman–Crippen LogP) is 1.36. The molecule has 2 aromatic heterocycles. The molecule has 0 aliphatic carbocycles. The summed E-state index contributed by atoms with van der Waals surface area (Å²) in [6.45, 7) is 3.40. The minimum Gasteiger partial charge on any atom is -0.444 e. The van der Waals surface area contributed by atoms with Crippen LogP contribution in [0, 0.1) is 17.0 Å². The van der Waals surface area contributed by atoms with Crippen LogP contribution in [0.2, 0.25) is 0 Å². The fraction of sp³-hybridized carbons (Fsp3) is 0.250. The molecule has 3 N–H and O–H groups in total. The first-order valence-corrected chi connectivity index (χ1v) is 6.01. The van der Waals surface area contributed by atoms with Gasteiger partial charge in [-0.05, 0) is 13.8 Å². The van der Waals surface area contributed by atoms with Crippen LogP contribution in [-0.2, 0) is 0 Å². The first-order chi connectivity index (χ1) is 9.88. The summed E-state index contributed by atoms with van der Waals surface area (Å²) in [4.78, 5) is 29.8. The van der Waals surface area contributed by atoms with E-state index in [1.165, 1.54) is 6.20 Å². The van der Waals surface area contributed by atoms with Crippen molar-refractivity contribution < 1.29 is 14.1 Å². The van der Waals surface area contributed by atoms with Gasteiger partial charge < -0.3 is 15.5 Å². The maximum absolute atomic E-state index is 12.1. The molecule has 2 heterocycles. The Hall–Kier alpha value is -2.97.